The van der Waals surface area contributed by atoms with Gasteiger partial charge in [-0.2, -0.15) is 0 Å². The first-order valence-corrected chi connectivity index (χ1v) is 9.36. The van der Waals surface area contributed by atoms with Crippen LogP contribution in [0.4, 0.5) is 13.2 Å². The van der Waals surface area contributed by atoms with Crippen LogP contribution in [0.15, 0.2) is 53.6 Å². The van der Waals surface area contributed by atoms with Crippen LogP contribution in [0.1, 0.15) is 5.69 Å². The van der Waals surface area contributed by atoms with Gasteiger partial charge in [0.2, 0.25) is 0 Å². The number of aromatic nitrogens is 3. The average Bonchev–Trinajstić information content (AvgIpc) is 3.00. The number of hydrogen-bond donors (Lipinski definition) is 0. The monoisotopic (exact) mass is 381 g/mol. The molecule has 0 amide bonds. The van der Waals surface area contributed by atoms with Crippen LogP contribution in [-0.2, 0) is 16.1 Å². The second-order valence-corrected chi connectivity index (χ2v) is 7.76. The van der Waals surface area contributed by atoms with Crippen LogP contribution >= 0.6 is 0 Å². The van der Waals surface area contributed by atoms with Gasteiger partial charge in [0.05, 0.1) is 10.6 Å². The van der Waals surface area contributed by atoms with Crippen LogP contribution in [0.2, 0.25) is 0 Å². The SMILES string of the molecule is Cc1cccc(-c2nc(-c3ccc(S(C)(=O)=O)cc3)cn2C(F)(F)F)n1. The molecule has 0 unspecified atom stereocenters. The maximum atomic E-state index is 13.4. The smallest absolute Gasteiger partial charge is 0.250 e. The number of aryl methyl sites for hydroxylation is 1. The summed E-state index contributed by atoms with van der Waals surface area (Å²) in [5, 5.41) is 0. The lowest BCUT2D eigenvalue weighted by atomic mass is 10.2. The highest BCUT2D eigenvalue weighted by atomic mass is 32.2. The van der Waals surface area contributed by atoms with Crippen molar-refractivity contribution >= 4 is 9.84 Å². The summed E-state index contributed by atoms with van der Waals surface area (Å²) in [6.45, 7) is 1.68. The molecule has 0 fully saturated rings. The van der Waals surface area contributed by atoms with Crippen molar-refractivity contribution in [3.8, 4) is 22.8 Å². The van der Waals surface area contributed by atoms with E-state index in [1.165, 1.54) is 30.3 Å². The lowest BCUT2D eigenvalue weighted by molar-refractivity contribution is -0.202. The van der Waals surface area contributed by atoms with Crippen LogP contribution < -0.4 is 0 Å². The Labute approximate surface area is 148 Å². The summed E-state index contributed by atoms with van der Waals surface area (Å²) in [6, 6.07) is 10.3. The average molecular weight is 381 g/mol. The highest BCUT2D eigenvalue weighted by Crippen LogP contribution is 2.32. The molecule has 3 rings (SSSR count). The third-order valence-electron chi connectivity index (χ3n) is 3.67. The topological polar surface area (TPSA) is 64.8 Å². The fourth-order valence-corrected chi connectivity index (χ4v) is 3.06. The largest absolute Gasteiger partial charge is 0.490 e. The van der Waals surface area contributed by atoms with E-state index < -0.39 is 16.1 Å². The zero-order chi connectivity index (χ0) is 19.1. The summed E-state index contributed by atoms with van der Waals surface area (Å²) in [7, 11) is -3.39. The van der Waals surface area contributed by atoms with Gasteiger partial charge >= 0.3 is 6.30 Å². The van der Waals surface area contributed by atoms with Crippen molar-refractivity contribution < 1.29 is 21.6 Å². The first-order chi connectivity index (χ1) is 12.1. The zero-order valence-electron chi connectivity index (χ0n) is 13.8. The summed E-state index contributed by atoms with van der Waals surface area (Å²) < 4.78 is 63.3. The van der Waals surface area contributed by atoms with Gasteiger partial charge in [-0.15, -0.1) is 13.2 Å². The van der Waals surface area contributed by atoms with E-state index in [0.29, 0.717) is 11.3 Å². The molecule has 0 atom stereocenters. The van der Waals surface area contributed by atoms with Crippen LogP contribution in [0.5, 0.6) is 0 Å². The van der Waals surface area contributed by atoms with Gasteiger partial charge in [0.25, 0.3) is 0 Å². The first kappa shape index (κ1) is 18.1. The molecule has 2 aromatic heterocycles. The molecule has 9 heteroatoms. The number of alkyl halides is 3. The van der Waals surface area contributed by atoms with Gasteiger partial charge in [-0.1, -0.05) is 18.2 Å². The van der Waals surface area contributed by atoms with Gasteiger partial charge in [-0.25, -0.2) is 23.0 Å². The molecule has 0 saturated heterocycles. The Hall–Kier alpha value is -2.68. The van der Waals surface area contributed by atoms with Crippen molar-refractivity contribution in [3.63, 3.8) is 0 Å². The highest BCUT2D eigenvalue weighted by molar-refractivity contribution is 7.90. The van der Waals surface area contributed by atoms with Crippen LogP contribution in [-0.4, -0.2) is 29.2 Å². The predicted octanol–water partition coefficient (Wildman–Crippen LogP) is 3.80. The van der Waals surface area contributed by atoms with Gasteiger partial charge in [0, 0.05) is 23.7 Å². The van der Waals surface area contributed by atoms with E-state index in [-0.39, 0.29) is 26.7 Å². The molecule has 0 radical (unpaired) electrons. The van der Waals surface area contributed by atoms with E-state index in [1.54, 1.807) is 19.1 Å². The molecule has 0 aliphatic heterocycles. The molecule has 136 valence electrons. The quantitative estimate of drug-likeness (QED) is 0.692. The molecule has 5 nitrogen and oxygen atoms in total. The van der Waals surface area contributed by atoms with E-state index in [1.807, 2.05) is 0 Å². The number of nitrogens with zero attached hydrogens (tertiary/aromatic N) is 3. The van der Waals surface area contributed by atoms with E-state index in [4.69, 9.17) is 0 Å². The summed E-state index contributed by atoms with van der Waals surface area (Å²) in [6.07, 6.45) is -2.74. The van der Waals surface area contributed by atoms with Crippen molar-refractivity contribution in [1.29, 1.82) is 0 Å². The third kappa shape index (κ3) is 3.62. The lowest BCUT2D eigenvalue weighted by Gasteiger charge is -2.10. The van der Waals surface area contributed by atoms with Crippen molar-refractivity contribution in [2.45, 2.75) is 18.1 Å². The van der Waals surface area contributed by atoms with Gasteiger partial charge in [-0.05, 0) is 31.2 Å². The van der Waals surface area contributed by atoms with E-state index in [2.05, 4.69) is 9.97 Å². The number of rotatable bonds is 3. The number of halogens is 3. The van der Waals surface area contributed by atoms with Gasteiger partial charge in [-0.3, -0.25) is 0 Å². The summed E-state index contributed by atoms with van der Waals surface area (Å²) in [5.74, 6) is -0.330. The Morgan fingerprint density at radius 1 is 0.962 bits per heavy atom. The van der Waals surface area contributed by atoms with Crippen LogP contribution in [0.25, 0.3) is 22.8 Å². The zero-order valence-corrected chi connectivity index (χ0v) is 14.6. The minimum absolute atomic E-state index is 0.0701. The van der Waals surface area contributed by atoms with E-state index in [9.17, 15) is 21.6 Å². The molecule has 0 spiro atoms. The Kier molecular flexibility index (Phi) is 4.35. The molecule has 0 bridgehead atoms. The molecule has 0 aliphatic carbocycles. The Morgan fingerprint density at radius 3 is 2.15 bits per heavy atom. The van der Waals surface area contributed by atoms with Gasteiger partial charge in [0.1, 0.15) is 5.69 Å². The molecule has 0 aliphatic rings. The molecular weight excluding hydrogens is 367 g/mol. The maximum absolute atomic E-state index is 13.4. The second-order valence-electron chi connectivity index (χ2n) is 5.75. The standard InChI is InChI=1S/C17H14F3N3O2S/c1-11-4-3-5-14(21-11)16-22-15(10-23(16)17(18,19)20)12-6-8-13(9-7-12)26(2,24)25/h3-10H,1-2H3. The van der Waals surface area contributed by atoms with Crippen molar-refractivity contribution in [3.05, 3.63) is 54.4 Å². The number of imidazole rings is 1. The lowest BCUT2D eigenvalue weighted by Crippen LogP contribution is -2.17. The molecule has 0 N–H and O–H groups in total. The van der Waals surface area contributed by atoms with Gasteiger partial charge < -0.3 is 0 Å². The molecule has 1 aromatic carbocycles. The summed E-state index contributed by atoms with van der Waals surface area (Å²) in [5.41, 5.74) is 1.11. The maximum Gasteiger partial charge on any atom is 0.490 e. The fraction of sp³-hybridized carbons (Fsp3) is 0.176. The van der Waals surface area contributed by atoms with Crippen molar-refractivity contribution in [2.24, 2.45) is 0 Å². The predicted molar refractivity (Wildman–Crippen MR) is 90.0 cm³/mol. The van der Waals surface area contributed by atoms with Gasteiger partial charge in [0.15, 0.2) is 15.7 Å². The minimum atomic E-state index is -4.67. The van der Waals surface area contributed by atoms with E-state index >= 15 is 0 Å². The Balaban J connectivity index is 2.13. The fourth-order valence-electron chi connectivity index (χ4n) is 2.43. The Morgan fingerprint density at radius 2 is 1.62 bits per heavy atom. The first-order valence-electron chi connectivity index (χ1n) is 7.47. The molecule has 26 heavy (non-hydrogen) atoms. The van der Waals surface area contributed by atoms with Crippen molar-refractivity contribution in [1.82, 2.24) is 14.5 Å². The molecule has 3 aromatic rings. The van der Waals surface area contributed by atoms with Crippen molar-refractivity contribution in [2.75, 3.05) is 6.26 Å². The number of sulfone groups is 1. The highest BCUT2D eigenvalue weighted by Gasteiger charge is 2.35. The summed E-state index contributed by atoms with van der Waals surface area (Å²) in [4.78, 5) is 8.27. The van der Waals surface area contributed by atoms with E-state index in [0.717, 1.165) is 12.5 Å². The third-order valence-corrected chi connectivity index (χ3v) is 4.80. The van der Waals surface area contributed by atoms with Crippen LogP contribution in [0, 0.1) is 6.92 Å². The summed E-state index contributed by atoms with van der Waals surface area (Å²) >= 11 is 0. The number of benzene rings is 1. The number of hydrogen-bond acceptors (Lipinski definition) is 4. The normalized spacial score (nSPS) is 12.3. The number of pyridine rings is 1. The Bertz CT molecular complexity index is 1060. The second kappa shape index (κ2) is 6.24. The minimum Gasteiger partial charge on any atom is -0.250 e. The molecule has 2 heterocycles. The molecular formula is C17H14F3N3O2S. The van der Waals surface area contributed by atoms with Crippen LogP contribution in [0.3, 0.4) is 0 Å². The molecule has 0 saturated carbocycles.